The first-order valence-electron chi connectivity index (χ1n) is 7.92. The summed E-state index contributed by atoms with van der Waals surface area (Å²) in [6, 6.07) is 12.7. The van der Waals surface area contributed by atoms with Gasteiger partial charge in [-0.1, -0.05) is 40.2 Å². The van der Waals surface area contributed by atoms with Crippen molar-refractivity contribution >= 4 is 38.7 Å². The minimum atomic E-state index is -1.25. The van der Waals surface area contributed by atoms with E-state index in [1.807, 2.05) is 30.3 Å². The van der Waals surface area contributed by atoms with Crippen LogP contribution in [0.2, 0.25) is 0 Å². The fourth-order valence-electron chi connectivity index (χ4n) is 2.84. The molecule has 0 saturated heterocycles. The van der Waals surface area contributed by atoms with Crippen LogP contribution in [-0.2, 0) is 11.8 Å². The van der Waals surface area contributed by atoms with Crippen LogP contribution in [-0.4, -0.2) is 33.2 Å². The molecule has 0 unspecified atom stereocenters. The monoisotopic (exact) mass is 430 g/mol. The molecule has 0 fully saturated rings. The molecule has 1 amide bonds. The Labute approximate surface area is 162 Å². The number of aryl methyl sites for hydroxylation is 1. The first-order valence-corrected chi connectivity index (χ1v) is 8.71. The average molecular weight is 431 g/mol. The van der Waals surface area contributed by atoms with E-state index in [1.165, 1.54) is 11.6 Å². The Balaban J connectivity index is 2.22. The van der Waals surface area contributed by atoms with Gasteiger partial charge in [0.2, 0.25) is 0 Å². The second kappa shape index (κ2) is 7.24. The van der Waals surface area contributed by atoms with Crippen molar-refractivity contribution in [1.82, 2.24) is 9.88 Å². The number of hydrogen-bond acceptors (Lipinski definition) is 4. The molecule has 0 bridgehead atoms. The summed E-state index contributed by atoms with van der Waals surface area (Å²) in [5, 5.41) is 21.7. The molecule has 0 aliphatic heterocycles. The number of amides is 1. The molecule has 3 N–H and O–H groups in total. The van der Waals surface area contributed by atoms with Crippen molar-refractivity contribution in [2.45, 2.75) is 0 Å². The average Bonchev–Trinajstić information content (AvgIpc) is 2.64. The summed E-state index contributed by atoms with van der Waals surface area (Å²) in [4.78, 5) is 35.4. The molecule has 8 heteroatoms. The van der Waals surface area contributed by atoms with Crippen molar-refractivity contribution in [1.29, 1.82) is 0 Å². The summed E-state index contributed by atoms with van der Waals surface area (Å²) in [7, 11) is 1.48. The number of rotatable bonds is 4. The maximum Gasteiger partial charge on any atom is 0.322 e. The Morgan fingerprint density at radius 2 is 1.89 bits per heavy atom. The first-order chi connectivity index (χ1) is 12.8. The van der Waals surface area contributed by atoms with Gasteiger partial charge in [0.05, 0.1) is 5.52 Å². The van der Waals surface area contributed by atoms with E-state index >= 15 is 0 Å². The van der Waals surface area contributed by atoms with Crippen LogP contribution in [0.3, 0.4) is 0 Å². The molecule has 0 saturated carbocycles. The third-order valence-electron chi connectivity index (χ3n) is 4.18. The van der Waals surface area contributed by atoms with Crippen LogP contribution in [0.5, 0.6) is 5.75 Å². The number of carboxylic acid groups (broad SMARTS) is 1. The number of carbonyl (C=O) groups excluding carboxylic acids is 1. The molecule has 0 radical (unpaired) electrons. The van der Waals surface area contributed by atoms with E-state index in [-0.39, 0.29) is 0 Å². The minimum absolute atomic E-state index is 0.311. The topological polar surface area (TPSA) is 109 Å². The number of hydrogen-bond donors (Lipinski definition) is 3. The highest BCUT2D eigenvalue weighted by molar-refractivity contribution is 9.10. The number of carboxylic acids is 1. The van der Waals surface area contributed by atoms with Gasteiger partial charge in [0.25, 0.3) is 11.5 Å². The maximum absolute atomic E-state index is 12.5. The van der Waals surface area contributed by atoms with Crippen molar-refractivity contribution in [3.05, 3.63) is 62.9 Å². The van der Waals surface area contributed by atoms with Crippen molar-refractivity contribution in [3.63, 3.8) is 0 Å². The van der Waals surface area contributed by atoms with Crippen LogP contribution >= 0.6 is 15.9 Å². The zero-order valence-electron chi connectivity index (χ0n) is 14.2. The second-order valence-corrected chi connectivity index (χ2v) is 6.73. The van der Waals surface area contributed by atoms with Gasteiger partial charge in [-0.2, -0.15) is 0 Å². The van der Waals surface area contributed by atoms with Gasteiger partial charge in [0.1, 0.15) is 17.9 Å². The Morgan fingerprint density at radius 1 is 1.19 bits per heavy atom. The van der Waals surface area contributed by atoms with Gasteiger partial charge in [0, 0.05) is 16.9 Å². The summed E-state index contributed by atoms with van der Waals surface area (Å²) in [6.07, 6.45) is 0. The predicted molar refractivity (Wildman–Crippen MR) is 104 cm³/mol. The molecule has 7 nitrogen and oxygen atoms in total. The Morgan fingerprint density at radius 3 is 2.56 bits per heavy atom. The lowest BCUT2D eigenvalue weighted by molar-refractivity contribution is -0.135. The van der Waals surface area contributed by atoms with E-state index in [9.17, 15) is 19.5 Å². The molecular formula is C19H15BrN2O5. The van der Waals surface area contributed by atoms with Gasteiger partial charge in [-0.3, -0.25) is 14.4 Å². The van der Waals surface area contributed by atoms with E-state index < -0.39 is 35.3 Å². The fourth-order valence-corrected chi connectivity index (χ4v) is 3.36. The quantitative estimate of drug-likeness (QED) is 0.588. The van der Waals surface area contributed by atoms with Crippen molar-refractivity contribution < 1.29 is 19.8 Å². The third-order valence-corrected chi connectivity index (χ3v) is 4.87. The van der Waals surface area contributed by atoms with E-state index in [2.05, 4.69) is 21.2 Å². The van der Waals surface area contributed by atoms with Gasteiger partial charge >= 0.3 is 5.97 Å². The molecule has 0 aliphatic rings. The Hall–Kier alpha value is -3.13. The van der Waals surface area contributed by atoms with Crippen LogP contribution in [0.25, 0.3) is 22.0 Å². The maximum atomic E-state index is 12.5. The fraction of sp³-hybridized carbons (Fsp3) is 0.105. The zero-order valence-corrected chi connectivity index (χ0v) is 15.8. The molecule has 0 spiro atoms. The van der Waals surface area contributed by atoms with Crippen molar-refractivity contribution in [2.75, 3.05) is 6.54 Å². The third kappa shape index (κ3) is 3.43. The first kappa shape index (κ1) is 18.7. The lowest BCUT2D eigenvalue weighted by atomic mass is 10.0. The Bertz CT molecular complexity index is 1140. The van der Waals surface area contributed by atoms with Crippen LogP contribution in [0.15, 0.2) is 51.7 Å². The van der Waals surface area contributed by atoms with E-state index in [4.69, 9.17) is 5.11 Å². The number of aromatic hydroxyl groups is 1. The highest BCUT2D eigenvalue weighted by Gasteiger charge is 2.22. The van der Waals surface area contributed by atoms with Gasteiger partial charge in [-0.25, -0.2) is 0 Å². The summed E-state index contributed by atoms with van der Waals surface area (Å²) in [5.41, 5.74) is 0.903. The molecule has 138 valence electrons. The molecule has 0 aliphatic carbocycles. The van der Waals surface area contributed by atoms with E-state index in [1.54, 1.807) is 12.1 Å². The highest BCUT2D eigenvalue weighted by Crippen LogP contribution is 2.33. The van der Waals surface area contributed by atoms with Gasteiger partial charge < -0.3 is 20.1 Å². The Kier molecular flexibility index (Phi) is 5.00. The van der Waals surface area contributed by atoms with Gasteiger partial charge in [-0.15, -0.1) is 0 Å². The van der Waals surface area contributed by atoms with Crippen LogP contribution in [0.4, 0.5) is 0 Å². The lowest BCUT2D eigenvalue weighted by Crippen LogP contribution is -2.35. The molecular weight excluding hydrogens is 416 g/mol. The van der Waals surface area contributed by atoms with Crippen molar-refractivity contribution in [2.24, 2.45) is 7.05 Å². The standard InChI is InChI=1S/C19H15BrN2O5/c1-22-14-7-6-10(11-4-2-3-5-13(11)20)8-12(14)17(25)16(19(22)27)18(26)21-9-15(23)24/h2-8,25H,9H2,1H3,(H,21,26)(H,23,24). The van der Waals surface area contributed by atoms with Crippen molar-refractivity contribution in [3.8, 4) is 16.9 Å². The summed E-state index contributed by atoms with van der Waals surface area (Å²) < 4.78 is 2.10. The largest absolute Gasteiger partial charge is 0.506 e. The molecule has 27 heavy (non-hydrogen) atoms. The summed E-state index contributed by atoms with van der Waals surface area (Å²) in [5.74, 6) is -2.68. The molecule has 3 rings (SSSR count). The number of pyridine rings is 1. The van der Waals surface area contributed by atoms with Crippen LogP contribution < -0.4 is 10.9 Å². The number of nitrogens with one attached hydrogen (secondary N) is 1. The van der Waals surface area contributed by atoms with Gasteiger partial charge in [0.15, 0.2) is 0 Å². The minimum Gasteiger partial charge on any atom is -0.506 e. The van der Waals surface area contributed by atoms with E-state index in [0.717, 1.165) is 15.6 Å². The number of halogens is 1. The molecule has 1 aromatic heterocycles. The lowest BCUT2D eigenvalue weighted by Gasteiger charge is -2.13. The van der Waals surface area contributed by atoms with Crippen LogP contribution in [0.1, 0.15) is 10.4 Å². The number of aromatic nitrogens is 1. The number of benzene rings is 2. The normalized spacial score (nSPS) is 10.7. The zero-order chi connectivity index (χ0) is 19.7. The number of nitrogens with zero attached hydrogens (tertiary/aromatic N) is 1. The second-order valence-electron chi connectivity index (χ2n) is 5.88. The number of aliphatic carboxylic acids is 1. The number of carbonyl (C=O) groups is 2. The molecule has 3 aromatic rings. The SMILES string of the molecule is Cn1c(=O)c(C(=O)NCC(=O)O)c(O)c2cc(-c3ccccc3Br)ccc21. The van der Waals surface area contributed by atoms with E-state index in [0.29, 0.717) is 10.9 Å². The molecule has 2 aromatic carbocycles. The molecule has 1 heterocycles. The smallest absolute Gasteiger partial charge is 0.322 e. The number of fused-ring (bicyclic) bond motifs is 1. The van der Waals surface area contributed by atoms with Crippen LogP contribution in [0, 0.1) is 0 Å². The van der Waals surface area contributed by atoms with Gasteiger partial charge in [-0.05, 0) is 29.3 Å². The summed E-state index contributed by atoms with van der Waals surface area (Å²) in [6.45, 7) is -0.656. The predicted octanol–water partition coefficient (Wildman–Crippen LogP) is 2.49. The summed E-state index contributed by atoms with van der Waals surface area (Å²) >= 11 is 3.48. The highest BCUT2D eigenvalue weighted by atomic mass is 79.9. The molecule has 0 atom stereocenters.